The normalized spacial score (nSPS) is 10.6. The molecule has 0 unspecified atom stereocenters. The number of nitro benzene ring substituents is 2. The molecule has 0 bridgehead atoms. The number of methoxy groups -OCH3 is 2. The number of ether oxygens (including phenoxy) is 3. The number of nitro groups is 2. The molecule has 0 atom stereocenters. The van der Waals surface area contributed by atoms with Gasteiger partial charge in [0, 0.05) is 6.07 Å². The van der Waals surface area contributed by atoms with E-state index in [1.807, 2.05) is 0 Å². The van der Waals surface area contributed by atoms with Gasteiger partial charge in [0.25, 0.3) is 5.69 Å². The van der Waals surface area contributed by atoms with Gasteiger partial charge in [-0.2, -0.15) is 5.10 Å². The van der Waals surface area contributed by atoms with Gasteiger partial charge in [-0.3, -0.25) is 25.7 Å². The zero-order valence-corrected chi connectivity index (χ0v) is 17.9. The van der Waals surface area contributed by atoms with Crippen LogP contribution in [0, 0.1) is 20.2 Å². The van der Waals surface area contributed by atoms with Crippen molar-refractivity contribution in [2.45, 2.75) is 6.61 Å². The van der Waals surface area contributed by atoms with Crippen molar-refractivity contribution in [2.24, 2.45) is 5.10 Å². The Morgan fingerprint density at radius 2 is 1.85 bits per heavy atom. The number of furan rings is 1. The molecule has 0 fully saturated rings. The summed E-state index contributed by atoms with van der Waals surface area (Å²) in [5.74, 6) is 0.641. The van der Waals surface area contributed by atoms with E-state index in [-0.39, 0.29) is 18.1 Å². The molecule has 3 rings (SSSR count). The molecular weight excluding hydrogens is 452 g/mol. The third kappa shape index (κ3) is 5.64. The van der Waals surface area contributed by atoms with Crippen LogP contribution in [0.15, 0.2) is 58.0 Å². The maximum atomic E-state index is 11.5. The number of carbonyl (C=O) groups excluding carboxylic acids is 1. The number of rotatable bonds is 10. The predicted octanol–water partition coefficient (Wildman–Crippen LogP) is 3.92. The van der Waals surface area contributed by atoms with Gasteiger partial charge in [0.1, 0.15) is 18.1 Å². The van der Waals surface area contributed by atoms with Crippen LogP contribution in [0.3, 0.4) is 0 Å². The van der Waals surface area contributed by atoms with E-state index in [0.29, 0.717) is 22.8 Å². The third-order valence-corrected chi connectivity index (χ3v) is 4.39. The van der Waals surface area contributed by atoms with Gasteiger partial charge in [-0.15, -0.1) is 0 Å². The van der Waals surface area contributed by atoms with Crippen LogP contribution in [0.1, 0.15) is 21.9 Å². The molecular formula is C21H18N4O9. The first-order valence-electron chi connectivity index (χ1n) is 9.52. The van der Waals surface area contributed by atoms with Crippen molar-refractivity contribution in [2.75, 3.05) is 19.6 Å². The molecule has 1 aromatic heterocycles. The number of carbonyl (C=O) groups is 1. The van der Waals surface area contributed by atoms with E-state index in [2.05, 4.69) is 15.3 Å². The van der Waals surface area contributed by atoms with Gasteiger partial charge in [-0.05, 0) is 42.0 Å². The summed E-state index contributed by atoms with van der Waals surface area (Å²) in [5, 5.41) is 26.0. The van der Waals surface area contributed by atoms with Gasteiger partial charge in [0.2, 0.25) is 5.76 Å². The van der Waals surface area contributed by atoms with Crippen LogP contribution in [0.5, 0.6) is 11.5 Å². The fourth-order valence-corrected chi connectivity index (χ4v) is 2.75. The van der Waals surface area contributed by atoms with E-state index >= 15 is 0 Å². The lowest BCUT2D eigenvalue weighted by Gasteiger charge is -2.10. The SMILES string of the molecule is COC(=O)c1ccc(COc2ccc(/C=N/Nc3ccc([N+](=O)[O-])cc3[N+](=O)[O-])cc2OC)o1. The quantitative estimate of drug-likeness (QED) is 0.198. The molecule has 0 spiro atoms. The van der Waals surface area contributed by atoms with Gasteiger partial charge in [0.15, 0.2) is 11.5 Å². The minimum Gasteiger partial charge on any atom is -0.493 e. The second-order valence-electron chi connectivity index (χ2n) is 6.54. The van der Waals surface area contributed by atoms with Crippen LogP contribution in [-0.2, 0) is 11.3 Å². The van der Waals surface area contributed by atoms with Gasteiger partial charge in [-0.1, -0.05) is 0 Å². The molecule has 0 aliphatic carbocycles. The molecule has 176 valence electrons. The first-order chi connectivity index (χ1) is 16.3. The van der Waals surface area contributed by atoms with E-state index in [0.717, 1.165) is 12.1 Å². The Morgan fingerprint density at radius 1 is 1.06 bits per heavy atom. The van der Waals surface area contributed by atoms with E-state index in [4.69, 9.17) is 13.9 Å². The fourth-order valence-electron chi connectivity index (χ4n) is 2.75. The maximum absolute atomic E-state index is 11.5. The highest BCUT2D eigenvalue weighted by molar-refractivity contribution is 5.86. The van der Waals surface area contributed by atoms with Crippen LogP contribution in [0.4, 0.5) is 17.1 Å². The minimum atomic E-state index is -0.743. The average molecular weight is 470 g/mol. The summed E-state index contributed by atoms with van der Waals surface area (Å²) in [6, 6.07) is 11.1. The minimum absolute atomic E-state index is 0.0106. The van der Waals surface area contributed by atoms with Crippen molar-refractivity contribution in [3.63, 3.8) is 0 Å². The molecule has 3 aromatic rings. The Bertz CT molecular complexity index is 1250. The summed E-state index contributed by atoms with van der Waals surface area (Å²) in [7, 11) is 2.70. The Labute approximate surface area is 191 Å². The lowest BCUT2D eigenvalue weighted by Crippen LogP contribution is -2.00. The number of hydrogen-bond acceptors (Lipinski definition) is 11. The standard InChI is InChI=1S/C21H18N4O9/c1-31-20-9-13(3-7-18(20)33-12-15-5-8-19(34-15)21(26)32-2)11-22-23-16-6-4-14(24(27)28)10-17(16)25(29)30/h3-11,23H,12H2,1-2H3/b22-11+. The summed E-state index contributed by atoms with van der Waals surface area (Å²) in [6.45, 7) is 0.0339. The van der Waals surface area contributed by atoms with Crippen LogP contribution >= 0.6 is 0 Å². The number of nitrogens with zero attached hydrogens (tertiary/aromatic N) is 3. The molecule has 0 saturated carbocycles. The van der Waals surface area contributed by atoms with E-state index < -0.39 is 27.2 Å². The van der Waals surface area contributed by atoms with Crippen LogP contribution < -0.4 is 14.9 Å². The van der Waals surface area contributed by atoms with Crippen molar-refractivity contribution >= 4 is 29.2 Å². The number of nitrogens with one attached hydrogen (secondary N) is 1. The first-order valence-corrected chi connectivity index (χ1v) is 9.52. The summed E-state index contributed by atoms with van der Waals surface area (Å²) < 4.78 is 20.9. The Hall–Kier alpha value is -4.94. The third-order valence-electron chi connectivity index (χ3n) is 4.39. The van der Waals surface area contributed by atoms with Crippen LogP contribution in [0.25, 0.3) is 0 Å². The molecule has 13 nitrogen and oxygen atoms in total. The second kappa shape index (κ2) is 10.6. The summed E-state index contributed by atoms with van der Waals surface area (Å²) in [5.41, 5.74) is 2.18. The molecule has 34 heavy (non-hydrogen) atoms. The number of benzene rings is 2. The van der Waals surface area contributed by atoms with Crippen LogP contribution in [-0.4, -0.2) is 36.3 Å². The zero-order chi connectivity index (χ0) is 24.7. The number of esters is 1. The zero-order valence-electron chi connectivity index (χ0n) is 17.9. The Kier molecular flexibility index (Phi) is 7.38. The molecule has 0 aliphatic heterocycles. The molecule has 0 amide bonds. The van der Waals surface area contributed by atoms with E-state index in [1.54, 1.807) is 24.3 Å². The molecule has 1 N–H and O–H groups in total. The number of anilines is 1. The maximum Gasteiger partial charge on any atom is 0.373 e. The topological polar surface area (TPSA) is 169 Å². The average Bonchev–Trinajstić information content (AvgIpc) is 3.31. The second-order valence-corrected chi connectivity index (χ2v) is 6.54. The smallest absolute Gasteiger partial charge is 0.373 e. The summed E-state index contributed by atoms with van der Waals surface area (Å²) >= 11 is 0. The Balaban J connectivity index is 1.68. The number of non-ortho nitro benzene ring substituents is 1. The first kappa shape index (κ1) is 23.7. The van der Waals surface area contributed by atoms with Gasteiger partial charge in [-0.25, -0.2) is 4.79 Å². The highest BCUT2D eigenvalue weighted by Crippen LogP contribution is 2.30. The largest absolute Gasteiger partial charge is 0.493 e. The van der Waals surface area contributed by atoms with Crippen molar-refractivity contribution in [1.82, 2.24) is 0 Å². The Morgan fingerprint density at radius 3 is 2.53 bits per heavy atom. The van der Waals surface area contributed by atoms with Gasteiger partial charge in [0.05, 0.1) is 36.3 Å². The lowest BCUT2D eigenvalue weighted by atomic mass is 10.2. The highest BCUT2D eigenvalue weighted by Gasteiger charge is 2.19. The molecule has 0 radical (unpaired) electrons. The van der Waals surface area contributed by atoms with Gasteiger partial charge < -0.3 is 18.6 Å². The molecule has 0 aliphatic rings. The van der Waals surface area contributed by atoms with Crippen molar-refractivity contribution < 1.29 is 33.3 Å². The monoisotopic (exact) mass is 470 g/mol. The van der Waals surface area contributed by atoms with Gasteiger partial charge >= 0.3 is 11.7 Å². The number of hydrogen-bond donors (Lipinski definition) is 1. The molecule has 1 heterocycles. The van der Waals surface area contributed by atoms with E-state index in [9.17, 15) is 25.0 Å². The van der Waals surface area contributed by atoms with Crippen LogP contribution in [0.2, 0.25) is 0 Å². The molecule has 0 saturated heterocycles. The number of hydrazone groups is 1. The lowest BCUT2D eigenvalue weighted by molar-refractivity contribution is -0.393. The molecule has 2 aromatic carbocycles. The molecule has 13 heteroatoms. The van der Waals surface area contributed by atoms with Crippen molar-refractivity contribution in [1.29, 1.82) is 0 Å². The van der Waals surface area contributed by atoms with Crippen molar-refractivity contribution in [3.05, 3.63) is 85.8 Å². The summed E-state index contributed by atoms with van der Waals surface area (Å²) in [4.78, 5) is 32.0. The summed E-state index contributed by atoms with van der Waals surface area (Å²) in [6.07, 6.45) is 1.38. The van der Waals surface area contributed by atoms with E-state index in [1.165, 1.54) is 32.6 Å². The fraction of sp³-hybridized carbons (Fsp3) is 0.143. The van der Waals surface area contributed by atoms with Crippen molar-refractivity contribution in [3.8, 4) is 11.5 Å². The predicted molar refractivity (Wildman–Crippen MR) is 118 cm³/mol. The highest BCUT2D eigenvalue weighted by atomic mass is 16.6.